The van der Waals surface area contributed by atoms with Crippen molar-refractivity contribution in [2.24, 2.45) is 5.41 Å². The number of rotatable bonds is 1. The molecule has 1 aliphatic carbocycles. The van der Waals surface area contributed by atoms with Gasteiger partial charge in [0, 0.05) is 30.2 Å². The van der Waals surface area contributed by atoms with Crippen LogP contribution in [0.3, 0.4) is 0 Å². The van der Waals surface area contributed by atoms with Crippen LogP contribution < -0.4 is 15.4 Å². The van der Waals surface area contributed by atoms with E-state index in [-0.39, 0.29) is 35.1 Å². The summed E-state index contributed by atoms with van der Waals surface area (Å²) in [5.74, 6) is -0.678. The number of anilines is 3. The number of fused-ring (bicyclic) bond motifs is 5. The van der Waals surface area contributed by atoms with Crippen molar-refractivity contribution in [2.45, 2.75) is 46.0 Å². The number of carbonyl (C=O) groups excluding carboxylic acids is 3. The van der Waals surface area contributed by atoms with E-state index >= 15 is 0 Å². The van der Waals surface area contributed by atoms with Crippen molar-refractivity contribution in [2.75, 3.05) is 9.80 Å². The number of imide groups is 1. The second-order valence-electron chi connectivity index (χ2n) is 10.2. The molecule has 11 heteroatoms. The molecule has 2 aromatic heterocycles. The van der Waals surface area contributed by atoms with Crippen molar-refractivity contribution in [3.63, 3.8) is 0 Å². The highest BCUT2D eigenvalue weighted by molar-refractivity contribution is 6.28. The van der Waals surface area contributed by atoms with Gasteiger partial charge < -0.3 is 4.98 Å². The van der Waals surface area contributed by atoms with E-state index in [9.17, 15) is 19.2 Å². The number of aromatic amines is 2. The van der Waals surface area contributed by atoms with E-state index in [1.165, 1.54) is 13.3 Å². The Balaban J connectivity index is 1.84. The molecule has 1 aromatic carbocycles. The summed E-state index contributed by atoms with van der Waals surface area (Å²) >= 11 is 0. The molecule has 1 atom stereocenters. The number of carbonyl (C=O) groups is 3. The number of allylic oxidation sites excluding steroid dienone is 1. The molecule has 2 aliphatic heterocycles. The predicted molar refractivity (Wildman–Crippen MR) is 129 cm³/mol. The molecule has 3 aliphatic rings. The summed E-state index contributed by atoms with van der Waals surface area (Å²) in [6, 6.07) is 6.79. The van der Waals surface area contributed by atoms with Crippen molar-refractivity contribution >= 4 is 35.1 Å². The van der Waals surface area contributed by atoms with Crippen molar-refractivity contribution in [1.29, 1.82) is 0 Å². The van der Waals surface area contributed by atoms with Gasteiger partial charge in [0.25, 0.3) is 11.5 Å². The molecule has 0 fully saturated rings. The first-order chi connectivity index (χ1) is 17.1. The fourth-order valence-corrected chi connectivity index (χ4v) is 5.94. The van der Waals surface area contributed by atoms with Gasteiger partial charge in [0.15, 0.2) is 11.6 Å². The first kappa shape index (κ1) is 22.1. The smallest absolute Gasteiger partial charge is 0.258 e. The maximum Gasteiger partial charge on any atom is 0.258 e. The summed E-state index contributed by atoms with van der Waals surface area (Å²) in [7, 11) is 0. The summed E-state index contributed by atoms with van der Waals surface area (Å²) in [5, 5.41) is 6.78. The Kier molecular flexibility index (Phi) is 4.33. The Morgan fingerprint density at radius 2 is 1.86 bits per heavy atom. The number of para-hydroxylation sites is 1. The number of hydrogen-bond donors (Lipinski definition) is 2. The molecule has 0 saturated carbocycles. The molecule has 1 unspecified atom stereocenters. The number of ketones is 1. The van der Waals surface area contributed by atoms with Gasteiger partial charge in [0.2, 0.25) is 11.9 Å². The average Bonchev–Trinajstić information content (AvgIpc) is 3.38. The minimum atomic E-state index is -1.83. The summed E-state index contributed by atoms with van der Waals surface area (Å²) in [4.78, 5) is 69.3. The lowest BCUT2D eigenvalue weighted by molar-refractivity contribution is -0.128. The first-order valence-electron chi connectivity index (χ1n) is 11.6. The van der Waals surface area contributed by atoms with Crippen LogP contribution in [-0.2, 0) is 19.8 Å². The van der Waals surface area contributed by atoms with Crippen LogP contribution in [-0.4, -0.2) is 42.7 Å². The van der Waals surface area contributed by atoms with Crippen LogP contribution in [0.4, 0.5) is 17.5 Å². The highest BCUT2D eigenvalue weighted by atomic mass is 16.2. The highest BCUT2D eigenvalue weighted by Gasteiger charge is 2.64. The van der Waals surface area contributed by atoms with Crippen molar-refractivity contribution < 1.29 is 14.4 Å². The third-order valence-electron chi connectivity index (χ3n) is 7.10. The molecule has 36 heavy (non-hydrogen) atoms. The summed E-state index contributed by atoms with van der Waals surface area (Å²) in [6.45, 7) is 6.87. The Hall–Kier alpha value is -4.41. The highest BCUT2D eigenvalue weighted by Crippen LogP contribution is 2.59. The van der Waals surface area contributed by atoms with Gasteiger partial charge in [0.05, 0.1) is 11.3 Å². The van der Waals surface area contributed by atoms with Crippen molar-refractivity contribution in [1.82, 2.24) is 25.1 Å². The van der Waals surface area contributed by atoms with Crippen LogP contribution in [0.1, 0.15) is 50.6 Å². The quantitative estimate of drug-likeness (QED) is 0.533. The summed E-state index contributed by atoms with van der Waals surface area (Å²) < 4.78 is 0. The molecule has 11 nitrogen and oxygen atoms in total. The second kappa shape index (κ2) is 7.06. The van der Waals surface area contributed by atoms with Crippen molar-refractivity contribution in [3.05, 3.63) is 69.2 Å². The van der Waals surface area contributed by atoms with Gasteiger partial charge in [-0.1, -0.05) is 32.0 Å². The van der Waals surface area contributed by atoms with Gasteiger partial charge in [-0.25, -0.2) is 15.0 Å². The molecule has 0 saturated heterocycles. The Bertz CT molecular complexity index is 1580. The van der Waals surface area contributed by atoms with Crippen LogP contribution in [0.25, 0.3) is 0 Å². The molecule has 4 heterocycles. The lowest BCUT2D eigenvalue weighted by Crippen LogP contribution is -2.54. The molecule has 2 N–H and O–H groups in total. The molecule has 3 aromatic rings. The van der Waals surface area contributed by atoms with E-state index in [0.29, 0.717) is 29.2 Å². The summed E-state index contributed by atoms with van der Waals surface area (Å²) in [5.41, 5.74) is -1.43. The van der Waals surface area contributed by atoms with Gasteiger partial charge >= 0.3 is 0 Å². The van der Waals surface area contributed by atoms with E-state index in [0.717, 1.165) is 4.90 Å². The number of nitrogens with zero attached hydrogens (tertiary/aromatic N) is 5. The predicted octanol–water partition coefficient (Wildman–Crippen LogP) is 2.17. The number of hydrogen-bond acceptors (Lipinski definition) is 8. The number of aromatic nitrogens is 5. The fraction of sp³-hybridized carbons (Fsp3) is 0.320. The lowest BCUT2D eigenvalue weighted by Gasteiger charge is -2.46. The van der Waals surface area contributed by atoms with Gasteiger partial charge in [0.1, 0.15) is 17.6 Å². The summed E-state index contributed by atoms with van der Waals surface area (Å²) in [6.07, 6.45) is 1.89. The van der Waals surface area contributed by atoms with Crippen LogP contribution in [0, 0.1) is 12.3 Å². The zero-order valence-corrected chi connectivity index (χ0v) is 20.2. The molecule has 0 bridgehead atoms. The number of benzene rings is 1. The maximum atomic E-state index is 14.4. The normalized spacial score (nSPS) is 22.1. The SMILES string of the molecule is CC(=O)N1C(=O)C2(C3=C(CC(C)(C)CC3=O)N(c3ncn[nH]3)c3nc(C)[nH]c(=O)c32)c2ccccc21. The second-order valence-corrected chi connectivity index (χ2v) is 10.2. The zero-order valence-electron chi connectivity index (χ0n) is 20.2. The molecule has 0 radical (unpaired) electrons. The number of H-pyrrole nitrogens is 2. The topological polar surface area (TPSA) is 145 Å². The molecular formula is C25H23N7O4. The number of amides is 2. The zero-order chi connectivity index (χ0) is 25.6. The molecule has 2 amide bonds. The third kappa shape index (κ3) is 2.65. The van der Waals surface area contributed by atoms with E-state index in [4.69, 9.17) is 0 Å². The minimum absolute atomic E-state index is 0.0162. The van der Waals surface area contributed by atoms with E-state index < -0.39 is 28.2 Å². The molecule has 182 valence electrons. The van der Waals surface area contributed by atoms with E-state index in [1.807, 2.05) is 13.8 Å². The van der Waals surface area contributed by atoms with Gasteiger partial charge in [-0.05, 0) is 24.8 Å². The van der Waals surface area contributed by atoms with Crippen LogP contribution >= 0.6 is 0 Å². The number of nitrogens with one attached hydrogen (secondary N) is 2. The first-order valence-corrected chi connectivity index (χ1v) is 11.6. The van der Waals surface area contributed by atoms with Gasteiger partial charge in [-0.15, -0.1) is 0 Å². The fourth-order valence-electron chi connectivity index (χ4n) is 5.94. The Morgan fingerprint density at radius 1 is 1.11 bits per heavy atom. The minimum Gasteiger partial charge on any atom is -0.310 e. The largest absolute Gasteiger partial charge is 0.310 e. The molecule has 1 spiro atoms. The number of Topliss-reactive ketones (excluding diaryl/α,β-unsaturated/α-hetero) is 1. The number of aryl methyl sites for hydroxylation is 1. The maximum absolute atomic E-state index is 14.4. The van der Waals surface area contributed by atoms with E-state index in [2.05, 4.69) is 25.1 Å². The van der Waals surface area contributed by atoms with Crippen LogP contribution in [0.2, 0.25) is 0 Å². The lowest BCUT2D eigenvalue weighted by atomic mass is 9.61. The molecular weight excluding hydrogens is 462 g/mol. The molecule has 6 rings (SSSR count). The van der Waals surface area contributed by atoms with Gasteiger partial charge in [-0.3, -0.25) is 24.1 Å². The monoisotopic (exact) mass is 485 g/mol. The van der Waals surface area contributed by atoms with Crippen LogP contribution in [0.5, 0.6) is 0 Å². The Morgan fingerprint density at radius 3 is 2.56 bits per heavy atom. The average molecular weight is 486 g/mol. The Labute approximate surface area is 205 Å². The standard InChI is InChI=1S/C25H23N7O4/c1-12-28-20-19(21(35)29-12)25(14-7-5-6-8-15(14)31(13(2)33)22(25)36)18-16(9-24(3,4)10-17(18)34)32(20)23-26-11-27-30-23/h5-8,11H,9-10H2,1-4H3,(H,26,27,30)(H,28,29,35). The van der Waals surface area contributed by atoms with Gasteiger partial charge in [-0.2, -0.15) is 10.1 Å². The van der Waals surface area contributed by atoms with E-state index in [1.54, 1.807) is 36.1 Å². The van der Waals surface area contributed by atoms with Crippen LogP contribution in [0.15, 0.2) is 46.7 Å². The van der Waals surface area contributed by atoms with Crippen molar-refractivity contribution in [3.8, 4) is 0 Å². The third-order valence-corrected chi connectivity index (χ3v) is 7.10.